The van der Waals surface area contributed by atoms with Crippen LogP contribution >= 0.6 is 0 Å². The van der Waals surface area contributed by atoms with Crippen molar-refractivity contribution in [2.45, 2.75) is 70.1 Å². The number of amides is 4. The zero-order chi connectivity index (χ0) is 25.7. The molecule has 10 heteroatoms. The van der Waals surface area contributed by atoms with Crippen molar-refractivity contribution in [3.05, 3.63) is 29.8 Å². The first-order valence-electron chi connectivity index (χ1n) is 13.0. The minimum atomic E-state index is -1.09. The van der Waals surface area contributed by atoms with E-state index in [0.29, 0.717) is 18.8 Å². The van der Waals surface area contributed by atoms with E-state index in [-0.39, 0.29) is 36.6 Å². The molecule has 0 radical (unpaired) electrons. The van der Waals surface area contributed by atoms with Gasteiger partial charge in [0, 0.05) is 19.1 Å². The molecule has 4 amide bonds. The summed E-state index contributed by atoms with van der Waals surface area (Å²) < 4.78 is 6.01. The maximum absolute atomic E-state index is 13.2. The van der Waals surface area contributed by atoms with Crippen LogP contribution in [0.4, 0.5) is 0 Å². The molecule has 0 aromatic heterocycles. The van der Waals surface area contributed by atoms with Crippen LogP contribution in [0.25, 0.3) is 0 Å². The van der Waals surface area contributed by atoms with Crippen molar-refractivity contribution in [1.82, 2.24) is 25.8 Å². The van der Waals surface area contributed by atoms with Gasteiger partial charge in [-0.05, 0) is 57.8 Å². The van der Waals surface area contributed by atoms with Crippen LogP contribution in [-0.4, -0.2) is 90.4 Å². The second kappa shape index (κ2) is 11.7. The molecule has 0 bridgehead atoms. The number of nitrogens with one attached hydrogen (secondary N) is 3. The van der Waals surface area contributed by atoms with Crippen LogP contribution in [0.5, 0.6) is 5.75 Å². The first-order chi connectivity index (χ1) is 17.4. The van der Waals surface area contributed by atoms with E-state index in [1.807, 2.05) is 0 Å². The minimum Gasteiger partial charge on any atom is -0.491 e. The van der Waals surface area contributed by atoms with Gasteiger partial charge in [-0.25, -0.2) is 0 Å². The second-order valence-electron chi connectivity index (χ2n) is 9.82. The predicted octanol–water partition coefficient (Wildman–Crippen LogP) is 0.664. The standard InChI is InChI=1S/C26H37N5O5/c1-3-30-12-6-8-18(30)15-27-25(34)21-14-23(32)28-17(2)26(35)31-13-7-9-19(31)16-36-22-11-5-4-10-20(22)24(33)29-21/h4-5,10-11,17-19,21H,3,6-9,12-16H2,1-2H3,(H,27,34)(H,28,32)(H,29,33)/t17-,18-,19+,21-/m0/s1. The minimum absolute atomic E-state index is 0.132. The molecule has 3 heterocycles. The molecule has 4 atom stereocenters. The monoisotopic (exact) mass is 499 g/mol. The van der Waals surface area contributed by atoms with Gasteiger partial charge in [0.25, 0.3) is 5.91 Å². The lowest BCUT2D eigenvalue weighted by Gasteiger charge is -2.29. The van der Waals surface area contributed by atoms with E-state index in [4.69, 9.17) is 4.74 Å². The summed E-state index contributed by atoms with van der Waals surface area (Å²) in [5.41, 5.74) is 0.282. The molecule has 3 N–H and O–H groups in total. The van der Waals surface area contributed by atoms with Gasteiger partial charge in [0.15, 0.2) is 0 Å². The summed E-state index contributed by atoms with van der Waals surface area (Å²) in [7, 11) is 0. The van der Waals surface area contributed by atoms with Crippen LogP contribution in [-0.2, 0) is 14.4 Å². The van der Waals surface area contributed by atoms with E-state index >= 15 is 0 Å². The Balaban J connectivity index is 1.54. The van der Waals surface area contributed by atoms with E-state index < -0.39 is 29.8 Å². The summed E-state index contributed by atoms with van der Waals surface area (Å²) in [4.78, 5) is 56.4. The summed E-state index contributed by atoms with van der Waals surface area (Å²) in [5.74, 6) is -1.17. The van der Waals surface area contributed by atoms with Crippen molar-refractivity contribution in [1.29, 1.82) is 0 Å². The van der Waals surface area contributed by atoms with Gasteiger partial charge in [-0.2, -0.15) is 0 Å². The van der Waals surface area contributed by atoms with E-state index in [1.165, 1.54) is 0 Å². The van der Waals surface area contributed by atoms with Crippen molar-refractivity contribution in [2.24, 2.45) is 0 Å². The number of ether oxygens (including phenoxy) is 1. The van der Waals surface area contributed by atoms with E-state index in [0.717, 1.165) is 38.8 Å². The smallest absolute Gasteiger partial charge is 0.255 e. The van der Waals surface area contributed by atoms with Crippen molar-refractivity contribution in [3.8, 4) is 5.75 Å². The van der Waals surface area contributed by atoms with Crippen LogP contribution in [0, 0.1) is 0 Å². The number of carbonyl (C=O) groups is 4. The van der Waals surface area contributed by atoms with E-state index in [9.17, 15) is 19.2 Å². The fraction of sp³-hybridized carbons (Fsp3) is 0.615. The Bertz CT molecular complexity index is 985. The molecule has 3 aliphatic rings. The van der Waals surface area contributed by atoms with Crippen LogP contribution in [0.3, 0.4) is 0 Å². The van der Waals surface area contributed by atoms with E-state index in [2.05, 4.69) is 27.8 Å². The van der Waals surface area contributed by atoms with Crippen LogP contribution in [0.15, 0.2) is 24.3 Å². The molecule has 2 saturated heterocycles. The Morgan fingerprint density at radius 1 is 1.11 bits per heavy atom. The predicted molar refractivity (Wildman–Crippen MR) is 133 cm³/mol. The molecule has 0 aliphatic carbocycles. The van der Waals surface area contributed by atoms with Gasteiger partial charge in [-0.15, -0.1) is 0 Å². The van der Waals surface area contributed by atoms with Gasteiger partial charge < -0.3 is 25.6 Å². The number of rotatable bonds is 4. The van der Waals surface area contributed by atoms with Crippen LogP contribution in [0.2, 0.25) is 0 Å². The number of likely N-dealkylation sites (N-methyl/N-ethyl adjacent to an activating group) is 1. The highest BCUT2D eigenvalue weighted by Gasteiger charge is 2.34. The first kappa shape index (κ1) is 25.9. The molecular formula is C26H37N5O5. The molecule has 1 aromatic rings. The Morgan fingerprint density at radius 3 is 2.69 bits per heavy atom. The molecule has 1 aromatic carbocycles. The number of hydrogen-bond donors (Lipinski definition) is 3. The topological polar surface area (TPSA) is 120 Å². The Morgan fingerprint density at radius 2 is 1.89 bits per heavy atom. The Kier molecular flexibility index (Phi) is 8.45. The lowest BCUT2D eigenvalue weighted by molar-refractivity contribution is -0.137. The highest BCUT2D eigenvalue weighted by molar-refractivity contribution is 6.01. The number of para-hydroxylation sites is 1. The number of hydrogen-bond acceptors (Lipinski definition) is 6. The lowest BCUT2D eigenvalue weighted by atomic mass is 10.1. The second-order valence-corrected chi connectivity index (χ2v) is 9.82. The molecule has 3 aliphatic heterocycles. The third-order valence-corrected chi connectivity index (χ3v) is 7.40. The number of nitrogens with zero attached hydrogens (tertiary/aromatic N) is 2. The SMILES string of the molecule is CCN1CCC[C@H]1CNC(=O)[C@@H]1CC(=O)N[C@@H](C)C(=O)N2CCC[C@@H]2COc2ccccc2C(=O)N1. The summed E-state index contributed by atoms with van der Waals surface area (Å²) in [6, 6.07) is 5.09. The Hall–Kier alpha value is -3.14. The first-order valence-corrected chi connectivity index (χ1v) is 13.0. The zero-order valence-electron chi connectivity index (χ0n) is 21.1. The third kappa shape index (κ3) is 5.98. The largest absolute Gasteiger partial charge is 0.491 e. The molecule has 4 rings (SSSR count). The number of carbonyl (C=O) groups excluding carboxylic acids is 4. The van der Waals surface area contributed by atoms with Crippen LogP contribution in [0.1, 0.15) is 56.3 Å². The molecular weight excluding hydrogens is 462 g/mol. The quantitative estimate of drug-likeness (QED) is 0.560. The van der Waals surface area contributed by atoms with E-state index in [1.54, 1.807) is 36.1 Å². The highest BCUT2D eigenvalue weighted by atomic mass is 16.5. The summed E-state index contributed by atoms with van der Waals surface area (Å²) in [6.45, 7) is 6.93. The normalized spacial score (nSPS) is 27.8. The Labute approximate surface area is 212 Å². The number of benzene rings is 1. The van der Waals surface area contributed by atoms with Gasteiger partial charge in [0.05, 0.1) is 18.0 Å². The lowest BCUT2D eigenvalue weighted by Crippen LogP contribution is -2.54. The van der Waals surface area contributed by atoms with Gasteiger partial charge >= 0.3 is 0 Å². The number of likely N-dealkylation sites (tertiary alicyclic amines) is 1. The molecule has 10 nitrogen and oxygen atoms in total. The molecule has 36 heavy (non-hydrogen) atoms. The van der Waals surface area contributed by atoms with Crippen molar-refractivity contribution in [3.63, 3.8) is 0 Å². The molecule has 0 unspecified atom stereocenters. The van der Waals surface area contributed by atoms with Gasteiger partial charge in [-0.1, -0.05) is 19.1 Å². The molecule has 0 saturated carbocycles. The average Bonchev–Trinajstić information content (AvgIpc) is 3.53. The van der Waals surface area contributed by atoms with Crippen LogP contribution < -0.4 is 20.7 Å². The summed E-state index contributed by atoms with van der Waals surface area (Å²) in [5, 5.41) is 8.37. The maximum Gasteiger partial charge on any atom is 0.255 e. The summed E-state index contributed by atoms with van der Waals surface area (Å²) >= 11 is 0. The van der Waals surface area contributed by atoms with Gasteiger partial charge in [0.1, 0.15) is 24.4 Å². The van der Waals surface area contributed by atoms with Crippen molar-refractivity contribution in [2.75, 3.05) is 32.8 Å². The summed E-state index contributed by atoms with van der Waals surface area (Å²) in [6.07, 6.45) is 3.44. The number of fused-ring (bicyclic) bond motifs is 2. The average molecular weight is 500 g/mol. The molecule has 196 valence electrons. The molecule has 2 fully saturated rings. The fourth-order valence-electron chi connectivity index (χ4n) is 5.39. The zero-order valence-corrected chi connectivity index (χ0v) is 21.1. The van der Waals surface area contributed by atoms with Gasteiger partial charge in [-0.3, -0.25) is 24.1 Å². The molecule has 0 spiro atoms. The van der Waals surface area contributed by atoms with Crippen molar-refractivity contribution < 1.29 is 23.9 Å². The third-order valence-electron chi connectivity index (χ3n) is 7.40. The highest BCUT2D eigenvalue weighted by Crippen LogP contribution is 2.23. The maximum atomic E-state index is 13.2. The van der Waals surface area contributed by atoms with Gasteiger partial charge in [0.2, 0.25) is 17.7 Å². The fourth-order valence-corrected chi connectivity index (χ4v) is 5.39. The van der Waals surface area contributed by atoms with Crippen molar-refractivity contribution >= 4 is 23.6 Å².